The van der Waals surface area contributed by atoms with Gasteiger partial charge in [-0.15, -0.1) is 0 Å². The Bertz CT molecular complexity index is 423. The van der Waals surface area contributed by atoms with Gasteiger partial charge < -0.3 is 5.32 Å². The summed E-state index contributed by atoms with van der Waals surface area (Å²) in [6.07, 6.45) is 8.15. The smallest absolute Gasteiger partial charge is 0.0991 e. The predicted molar refractivity (Wildman–Crippen MR) is 74.2 cm³/mol. The van der Waals surface area contributed by atoms with Crippen molar-refractivity contribution in [2.45, 2.75) is 58.0 Å². The van der Waals surface area contributed by atoms with Crippen LogP contribution in [-0.4, -0.2) is 6.04 Å². The summed E-state index contributed by atoms with van der Waals surface area (Å²) in [4.78, 5) is 0. The largest absolute Gasteiger partial charge is 0.310 e. The van der Waals surface area contributed by atoms with E-state index in [1.165, 1.54) is 49.7 Å². The topological polar surface area (TPSA) is 35.8 Å². The lowest BCUT2D eigenvalue weighted by atomic mass is 10.0. The van der Waals surface area contributed by atoms with Crippen molar-refractivity contribution in [3.8, 4) is 6.07 Å². The van der Waals surface area contributed by atoms with Gasteiger partial charge in [-0.3, -0.25) is 0 Å². The fraction of sp³-hybridized carbons (Fsp3) is 0.562. The van der Waals surface area contributed by atoms with E-state index in [1.807, 2.05) is 12.1 Å². The first-order chi connectivity index (χ1) is 8.79. The number of nitriles is 1. The molecule has 2 nitrogen and oxygen atoms in total. The average molecular weight is 242 g/mol. The molecule has 0 heterocycles. The number of hydrogen-bond acceptors (Lipinski definition) is 2. The second kappa shape index (κ2) is 6.56. The lowest BCUT2D eigenvalue weighted by Gasteiger charge is -2.17. The fourth-order valence-corrected chi connectivity index (χ4v) is 2.70. The van der Waals surface area contributed by atoms with Gasteiger partial charge in [-0.1, -0.05) is 31.7 Å². The van der Waals surface area contributed by atoms with E-state index in [9.17, 15) is 0 Å². The second-order valence-electron chi connectivity index (χ2n) is 5.32. The van der Waals surface area contributed by atoms with E-state index in [4.69, 9.17) is 5.26 Å². The van der Waals surface area contributed by atoms with Crippen molar-refractivity contribution in [1.29, 1.82) is 5.26 Å². The molecular formula is C16H22N2. The summed E-state index contributed by atoms with van der Waals surface area (Å²) in [6, 6.07) is 8.84. The molecule has 1 aliphatic carbocycles. The Balaban J connectivity index is 1.91. The lowest BCUT2D eigenvalue weighted by molar-refractivity contribution is 0.458. The van der Waals surface area contributed by atoms with Crippen molar-refractivity contribution in [1.82, 2.24) is 5.32 Å². The molecule has 0 aromatic heterocycles. The molecule has 2 heteroatoms. The lowest BCUT2D eigenvalue weighted by Crippen LogP contribution is -2.28. The number of aryl methyl sites for hydroxylation is 1. The Morgan fingerprint density at radius 2 is 1.94 bits per heavy atom. The minimum Gasteiger partial charge on any atom is -0.310 e. The van der Waals surface area contributed by atoms with Crippen LogP contribution in [0.2, 0.25) is 0 Å². The Labute approximate surface area is 110 Å². The summed E-state index contributed by atoms with van der Waals surface area (Å²) in [5.74, 6) is 0. The Morgan fingerprint density at radius 1 is 1.22 bits per heavy atom. The van der Waals surface area contributed by atoms with E-state index in [-0.39, 0.29) is 0 Å². The van der Waals surface area contributed by atoms with Crippen molar-refractivity contribution in [3.05, 3.63) is 34.9 Å². The highest BCUT2D eigenvalue weighted by molar-refractivity contribution is 5.37. The Kier molecular flexibility index (Phi) is 4.78. The van der Waals surface area contributed by atoms with Gasteiger partial charge in [0.05, 0.1) is 11.6 Å². The first-order valence-electron chi connectivity index (χ1n) is 7.02. The third-order valence-electron chi connectivity index (χ3n) is 3.91. The predicted octanol–water partition coefficient (Wildman–Crippen LogP) is 3.68. The second-order valence-corrected chi connectivity index (χ2v) is 5.32. The number of nitrogens with one attached hydrogen (secondary N) is 1. The maximum absolute atomic E-state index is 8.85. The molecular weight excluding hydrogens is 220 g/mol. The van der Waals surface area contributed by atoms with Crippen molar-refractivity contribution in [3.63, 3.8) is 0 Å². The standard InChI is InChI=1S/C16H22N2/c1-13-10-14(11-17)8-9-15(13)12-18-16-6-4-2-3-5-7-16/h8-10,16,18H,2-7,12H2,1H3. The molecule has 1 saturated carbocycles. The monoisotopic (exact) mass is 242 g/mol. The molecule has 1 aromatic rings. The number of rotatable bonds is 3. The molecule has 18 heavy (non-hydrogen) atoms. The minimum absolute atomic E-state index is 0.683. The van der Waals surface area contributed by atoms with Gasteiger partial charge in [0.2, 0.25) is 0 Å². The van der Waals surface area contributed by atoms with Gasteiger partial charge in [-0.05, 0) is 43.0 Å². The molecule has 0 spiro atoms. The van der Waals surface area contributed by atoms with Crippen LogP contribution in [0.4, 0.5) is 0 Å². The van der Waals surface area contributed by atoms with Gasteiger partial charge in [0.1, 0.15) is 0 Å². The van der Waals surface area contributed by atoms with Crippen molar-refractivity contribution < 1.29 is 0 Å². The first kappa shape index (κ1) is 13.1. The molecule has 1 aliphatic rings. The van der Waals surface area contributed by atoms with Crippen LogP contribution in [0, 0.1) is 18.3 Å². The highest BCUT2D eigenvalue weighted by atomic mass is 14.9. The van der Waals surface area contributed by atoms with Gasteiger partial charge in [-0.25, -0.2) is 0 Å². The third kappa shape index (κ3) is 3.58. The van der Waals surface area contributed by atoms with E-state index in [0.29, 0.717) is 6.04 Å². The molecule has 0 radical (unpaired) electrons. The zero-order valence-corrected chi connectivity index (χ0v) is 11.2. The molecule has 2 rings (SSSR count). The van der Waals surface area contributed by atoms with Crippen LogP contribution >= 0.6 is 0 Å². The summed E-state index contributed by atoms with van der Waals surface area (Å²) in [5.41, 5.74) is 3.29. The highest BCUT2D eigenvalue weighted by Crippen LogP contribution is 2.18. The minimum atomic E-state index is 0.683. The zero-order chi connectivity index (χ0) is 12.8. The zero-order valence-electron chi connectivity index (χ0n) is 11.2. The van der Waals surface area contributed by atoms with Crippen molar-refractivity contribution in [2.75, 3.05) is 0 Å². The van der Waals surface area contributed by atoms with Crippen LogP contribution in [0.1, 0.15) is 55.2 Å². The van der Waals surface area contributed by atoms with Crippen LogP contribution in [0.25, 0.3) is 0 Å². The van der Waals surface area contributed by atoms with Crippen LogP contribution in [0.15, 0.2) is 18.2 Å². The van der Waals surface area contributed by atoms with E-state index in [1.54, 1.807) is 0 Å². The van der Waals surface area contributed by atoms with E-state index < -0.39 is 0 Å². The normalized spacial score (nSPS) is 17.1. The van der Waals surface area contributed by atoms with Crippen LogP contribution in [0.3, 0.4) is 0 Å². The van der Waals surface area contributed by atoms with Gasteiger partial charge in [0, 0.05) is 12.6 Å². The molecule has 96 valence electrons. The Hall–Kier alpha value is -1.33. The summed E-state index contributed by atoms with van der Waals surface area (Å²) in [5, 5.41) is 12.5. The van der Waals surface area contributed by atoms with Gasteiger partial charge in [0.15, 0.2) is 0 Å². The van der Waals surface area contributed by atoms with Crippen LogP contribution in [0.5, 0.6) is 0 Å². The molecule has 0 amide bonds. The fourth-order valence-electron chi connectivity index (χ4n) is 2.70. The third-order valence-corrected chi connectivity index (χ3v) is 3.91. The molecule has 0 bridgehead atoms. The molecule has 1 fully saturated rings. The highest BCUT2D eigenvalue weighted by Gasteiger charge is 2.11. The molecule has 0 atom stereocenters. The number of hydrogen-bond donors (Lipinski definition) is 1. The van der Waals surface area contributed by atoms with Crippen LogP contribution < -0.4 is 5.32 Å². The van der Waals surface area contributed by atoms with Crippen molar-refractivity contribution in [2.24, 2.45) is 0 Å². The SMILES string of the molecule is Cc1cc(C#N)ccc1CNC1CCCCCC1. The number of nitrogens with zero attached hydrogens (tertiary/aromatic N) is 1. The quantitative estimate of drug-likeness (QED) is 0.821. The Morgan fingerprint density at radius 3 is 2.56 bits per heavy atom. The van der Waals surface area contributed by atoms with Gasteiger partial charge in [0.25, 0.3) is 0 Å². The molecule has 0 aliphatic heterocycles. The molecule has 0 unspecified atom stereocenters. The maximum Gasteiger partial charge on any atom is 0.0991 e. The summed E-state index contributed by atoms with van der Waals surface area (Å²) in [7, 11) is 0. The van der Waals surface area contributed by atoms with E-state index >= 15 is 0 Å². The molecule has 1 aromatic carbocycles. The average Bonchev–Trinajstić information content (AvgIpc) is 2.66. The summed E-state index contributed by atoms with van der Waals surface area (Å²) in [6.45, 7) is 3.02. The van der Waals surface area contributed by atoms with Gasteiger partial charge >= 0.3 is 0 Å². The molecule has 0 saturated heterocycles. The van der Waals surface area contributed by atoms with Crippen molar-refractivity contribution >= 4 is 0 Å². The van der Waals surface area contributed by atoms with E-state index in [0.717, 1.165) is 12.1 Å². The number of benzene rings is 1. The maximum atomic E-state index is 8.85. The van der Waals surface area contributed by atoms with E-state index in [2.05, 4.69) is 24.4 Å². The summed E-state index contributed by atoms with van der Waals surface area (Å²) < 4.78 is 0. The summed E-state index contributed by atoms with van der Waals surface area (Å²) >= 11 is 0. The first-order valence-corrected chi connectivity index (χ1v) is 7.02. The molecule has 1 N–H and O–H groups in total. The van der Waals surface area contributed by atoms with Crippen LogP contribution in [-0.2, 0) is 6.54 Å². The van der Waals surface area contributed by atoms with Gasteiger partial charge in [-0.2, -0.15) is 5.26 Å².